The predicted octanol–water partition coefficient (Wildman–Crippen LogP) is 5.06. The van der Waals surface area contributed by atoms with Crippen molar-refractivity contribution in [1.82, 2.24) is 4.98 Å². The number of nitrogen functional groups attached to an aromatic ring is 1. The zero-order valence-electron chi connectivity index (χ0n) is 18.3. The molecule has 1 aromatic heterocycles. The van der Waals surface area contributed by atoms with E-state index in [1.807, 2.05) is 27.7 Å². The van der Waals surface area contributed by atoms with Crippen LogP contribution < -0.4 is 10.5 Å². The number of pyridine rings is 1. The summed E-state index contributed by atoms with van der Waals surface area (Å²) in [7, 11) is 0. The molecule has 1 heterocycles. The molecule has 0 radical (unpaired) electrons. The van der Waals surface area contributed by atoms with Gasteiger partial charge in [-0.2, -0.15) is 8.78 Å². The van der Waals surface area contributed by atoms with Crippen LogP contribution in [0.25, 0.3) is 0 Å². The lowest BCUT2D eigenvalue weighted by Gasteiger charge is -2.09. The van der Waals surface area contributed by atoms with E-state index in [2.05, 4.69) is 9.72 Å². The van der Waals surface area contributed by atoms with Gasteiger partial charge < -0.3 is 10.5 Å². The number of nitrogens with zero attached hydrogens (tertiary/aromatic N) is 1. The Morgan fingerprint density at radius 1 is 1.06 bits per heavy atom. The summed E-state index contributed by atoms with van der Waals surface area (Å²) in [5.74, 6) is -7.49. The average molecular weight is 444 g/mol. The highest BCUT2D eigenvalue weighted by Gasteiger charge is 2.21. The highest BCUT2D eigenvalue weighted by molar-refractivity contribution is 5.80. The first-order valence-corrected chi connectivity index (χ1v) is 9.71. The Morgan fingerprint density at radius 2 is 1.58 bits per heavy atom. The number of carbonyl (C=O) groups is 2. The molecular weight excluding hydrogens is 416 g/mol. The minimum absolute atomic E-state index is 0.00658. The summed E-state index contributed by atoms with van der Waals surface area (Å²) in [6.07, 6.45) is 1.81. The molecule has 0 spiro atoms. The van der Waals surface area contributed by atoms with E-state index in [9.17, 15) is 27.2 Å². The Hall–Kier alpha value is -2.97. The molecule has 0 unspecified atom stereocenters. The van der Waals surface area contributed by atoms with Gasteiger partial charge in [0.15, 0.2) is 23.2 Å². The van der Waals surface area contributed by atoms with Gasteiger partial charge in [0, 0.05) is 24.6 Å². The molecule has 0 atom stereocenters. The van der Waals surface area contributed by atoms with Gasteiger partial charge in [-0.25, -0.2) is 13.8 Å². The summed E-state index contributed by atoms with van der Waals surface area (Å²) < 4.78 is 57.2. The van der Waals surface area contributed by atoms with Crippen molar-refractivity contribution in [1.29, 1.82) is 0 Å². The van der Waals surface area contributed by atoms with Gasteiger partial charge >= 0.3 is 0 Å². The van der Waals surface area contributed by atoms with Crippen LogP contribution in [-0.2, 0) is 16.0 Å². The molecular formula is C22H28F4N2O3. The molecule has 172 valence electrons. The van der Waals surface area contributed by atoms with Crippen LogP contribution in [0.4, 0.5) is 23.4 Å². The second-order valence-corrected chi connectivity index (χ2v) is 6.48. The highest BCUT2D eigenvalue weighted by Crippen LogP contribution is 2.26. The standard InChI is InChI=1S/C15H12F4N2O2.C5H10O.C2H6/c16-10-5-11(17)14(19)15(13(10)18)23-7-9(22)3-1-8-2-4-12(20)21-6-8;1-4(2)5(3)6;1-2/h2,4-6H,1,3,7H2,(H2,20,21);4H,1-3H3;1-2H3. The number of hydrogen-bond acceptors (Lipinski definition) is 5. The molecule has 2 N–H and O–H groups in total. The number of ether oxygens (including phenoxy) is 1. The minimum atomic E-state index is -1.68. The summed E-state index contributed by atoms with van der Waals surface area (Å²) in [5.41, 5.74) is 6.15. The van der Waals surface area contributed by atoms with E-state index >= 15 is 0 Å². The summed E-state index contributed by atoms with van der Waals surface area (Å²) in [4.78, 5) is 25.6. The molecule has 2 aromatic rings. The first-order chi connectivity index (χ1) is 14.5. The highest BCUT2D eigenvalue weighted by atomic mass is 19.2. The Bertz CT molecular complexity index is 831. The molecule has 0 aliphatic rings. The molecule has 1 aromatic carbocycles. The number of Topliss-reactive ketones (excluding diaryl/α,β-unsaturated/α-hetero) is 2. The molecule has 2 rings (SSSR count). The molecule has 31 heavy (non-hydrogen) atoms. The smallest absolute Gasteiger partial charge is 0.203 e. The normalized spacial score (nSPS) is 9.87. The first-order valence-electron chi connectivity index (χ1n) is 9.71. The SMILES string of the molecule is CC.CC(=O)C(C)C.Nc1ccc(CCC(=O)COc2c(F)c(F)cc(F)c2F)cn1. The van der Waals surface area contributed by atoms with Crippen LogP contribution in [-0.4, -0.2) is 23.2 Å². The summed E-state index contributed by atoms with van der Waals surface area (Å²) in [6, 6.07) is 3.31. The number of ketones is 2. The fraction of sp³-hybridized carbons (Fsp3) is 0.409. The molecule has 9 heteroatoms. The number of anilines is 1. The van der Waals surface area contributed by atoms with Gasteiger partial charge in [0.25, 0.3) is 0 Å². The van der Waals surface area contributed by atoms with Gasteiger partial charge in [-0.05, 0) is 25.0 Å². The van der Waals surface area contributed by atoms with Crippen molar-refractivity contribution in [2.45, 2.75) is 47.5 Å². The van der Waals surface area contributed by atoms with Gasteiger partial charge in [-0.1, -0.05) is 33.8 Å². The zero-order valence-corrected chi connectivity index (χ0v) is 18.3. The largest absolute Gasteiger partial charge is 0.480 e. The Labute approximate surface area is 179 Å². The fourth-order valence-corrected chi connectivity index (χ4v) is 1.77. The number of benzene rings is 1. The third-order valence-corrected chi connectivity index (χ3v) is 3.80. The van der Waals surface area contributed by atoms with E-state index in [0.717, 1.165) is 5.56 Å². The summed E-state index contributed by atoms with van der Waals surface area (Å²) in [6.45, 7) is 8.68. The topological polar surface area (TPSA) is 82.3 Å². The van der Waals surface area contributed by atoms with Crippen LogP contribution in [0.1, 0.15) is 46.6 Å². The minimum Gasteiger partial charge on any atom is -0.480 e. The van der Waals surface area contributed by atoms with E-state index in [1.54, 1.807) is 19.1 Å². The molecule has 0 saturated carbocycles. The van der Waals surface area contributed by atoms with Crippen molar-refractivity contribution < 1.29 is 31.9 Å². The molecule has 0 amide bonds. The van der Waals surface area contributed by atoms with Crippen molar-refractivity contribution in [3.63, 3.8) is 0 Å². The number of aryl methyl sites for hydroxylation is 1. The Morgan fingerprint density at radius 3 is 2.00 bits per heavy atom. The monoisotopic (exact) mass is 444 g/mol. The number of rotatable bonds is 7. The molecule has 0 bridgehead atoms. The number of carbonyl (C=O) groups excluding carboxylic acids is 2. The van der Waals surface area contributed by atoms with Crippen molar-refractivity contribution >= 4 is 17.4 Å². The number of aromatic nitrogens is 1. The van der Waals surface area contributed by atoms with Crippen LogP contribution >= 0.6 is 0 Å². The van der Waals surface area contributed by atoms with Gasteiger partial charge in [0.1, 0.15) is 18.2 Å². The van der Waals surface area contributed by atoms with Crippen LogP contribution in [0.3, 0.4) is 0 Å². The quantitative estimate of drug-likeness (QED) is 0.477. The van der Waals surface area contributed by atoms with Crippen molar-refractivity contribution in [2.24, 2.45) is 5.92 Å². The Balaban J connectivity index is 0.000000970. The van der Waals surface area contributed by atoms with E-state index in [0.29, 0.717) is 12.2 Å². The maximum atomic E-state index is 13.3. The van der Waals surface area contributed by atoms with Crippen molar-refractivity contribution in [3.05, 3.63) is 53.2 Å². The number of halogens is 4. The second kappa shape index (κ2) is 14.1. The summed E-state index contributed by atoms with van der Waals surface area (Å²) >= 11 is 0. The van der Waals surface area contributed by atoms with E-state index < -0.39 is 41.4 Å². The van der Waals surface area contributed by atoms with Gasteiger partial charge in [0.05, 0.1) is 0 Å². The fourth-order valence-electron chi connectivity index (χ4n) is 1.77. The van der Waals surface area contributed by atoms with Crippen LogP contribution in [0.2, 0.25) is 0 Å². The van der Waals surface area contributed by atoms with Crippen molar-refractivity contribution in [3.8, 4) is 5.75 Å². The molecule has 0 fully saturated rings. The lowest BCUT2D eigenvalue weighted by Crippen LogP contribution is -2.14. The summed E-state index contributed by atoms with van der Waals surface area (Å²) in [5, 5.41) is 0. The van der Waals surface area contributed by atoms with E-state index in [-0.39, 0.29) is 24.2 Å². The lowest BCUT2D eigenvalue weighted by molar-refractivity contribution is -0.121. The second-order valence-electron chi connectivity index (χ2n) is 6.48. The zero-order chi connectivity index (χ0) is 24.1. The number of hydrogen-bond donors (Lipinski definition) is 1. The third-order valence-electron chi connectivity index (χ3n) is 3.80. The number of nitrogens with two attached hydrogens (primary N) is 1. The maximum Gasteiger partial charge on any atom is 0.203 e. The molecule has 0 saturated heterocycles. The van der Waals surface area contributed by atoms with E-state index in [4.69, 9.17) is 5.73 Å². The van der Waals surface area contributed by atoms with Crippen LogP contribution in [0.15, 0.2) is 24.4 Å². The predicted molar refractivity (Wildman–Crippen MR) is 111 cm³/mol. The lowest BCUT2D eigenvalue weighted by atomic mass is 10.1. The first kappa shape index (κ1) is 28.0. The van der Waals surface area contributed by atoms with E-state index in [1.165, 1.54) is 6.20 Å². The molecule has 0 aliphatic heterocycles. The van der Waals surface area contributed by atoms with Crippen LogP contribution in [0.5, 0.6) is 5.75 Å². The van der Waals surface area contributed by atoms with Gasteiger partial charge in [0.2, 0.25) is 11.6 Å². The molecule has 0 aliphatic carbocycles. The maximum absolute atomic E-state index is 13.3. The van der Waals surface area contributed by atoms with Gasteiger partial charge in [-0.15, -0.1) is 0 Å². The average Bonchev–Trinajstić information content (AvgIpc) is 2.73. The molecule has 5 nitrogen and oxygen atoms in total. The third kappa shape index (κ3) is 10.1. The van der Waals surface area contributed by atoms with Gasteiger partial charge in [-0.3, -0.25) is 9.59 Å². The van der Waals surface area contributed by atoms with Crippen LogP contribution in [0, 0.1) is 29.2 Å². The Kier molecular flexibility index (Phi) is 12.8. The van der Waals surface area contributed by atoms with Crippen molar-refractivity contribution in [2.75, 3.05) is 12.3 Å².